The van der Waals surface area contributed by atoms with Gasteiger partial charge in [-0.05, 0) is 36.2 Å². The molecule has 1 atom stereocenters. The average molecular weight is 251 g/mol. The molecule has 0 fully saturated rings. The zero-order chi connectivity index (χ0) is 12.4. The molecule has 1 aromatic heterocycles. The molecule has 0 aliphatic heterocycles. The van der Waals surface area contributed by atoms with E-state index in [0.29, 0.717) is 5.56 Å². The number of benzene rings is 1. The van der Waals surface area contributed by atoms with E-state index >= 15 is 0 Å². The second-order valence-electron chi connectivity index (χ2n) is 3.88. The lowest BCUT2D eigenvalue weighted by Gasteiger charge is -2.12. The molecule has 1 heterocycles. The molecule has 0 aliphatic carbocycles. The summed E-state index contributed by atoms with van der Waals surface area (Å²) in [6.45, 7) is 1.90. The molecule has 4 heteroatoms. The normalized spacial score (nSPS) is 12.5. The minimum Gasteiger partial charge on any atom is -0.320 e. The summed E-state index contributed by atoms with van der Waals surface area (Å²) in [4.78, 5) is 4.17. The highest BCUT2D eigenvalue weighted by atomic mass is 35.5. The Kier molecular flexibility index (Phi) is 3.41. The molecule has 0 spiro atoms. The maximum absolute atomic E-state index is 13.3. The smallest absolute Gasteiger partial charge is 0.142 e. The van der Waals surface area contributed by atoms with Crippen molar-refractivity contribution in [1.82, 2.24) is 4.98 Å². The van der Waals surface area contributed by atoms with Gasteiger partial charge in [0.2, 0.25) is 0 Å². The monoisotopic (exact) mass is 250 g/mol. The third-order valence-corrected chi connectivity index (χ3v) is 2.90. The van der Waals surface area contributed by atoms with Crippen LogP contribution in [-0.4, -0.2) is 4.98 Å². The average Bonchev–Trinajstić information content (AvgIpc) is 2.33. The van der Waals surface area contributed by atoms with E-state index < -0.39 is 11.9 Å². The summed E-state index contributed by atoms with van der Waals surface area (Å²) in [6, 6.07) is 7.95. The van der Waals surface area contributed by atoms with Gasteiger partial charge < -0.3 is 5.73 Å². The van der Waals surface area contributed by atoms with E-state index in [2.05, 4.69) is 4.98 Å². The van der Waals surface area contributed by atoms with E-state index in [1.165, 1.54) is 12.1 Å². The zero-order valence-electron chi connectivity index (χ0n) is 9.32. The number of nitrogens with zero attached hydrogens (tertiary/aromatic N) is 1. The van der Waals surface area contributed by atoms with Crippen molar-refractivity contribution in [2.75, 3.05) is 0 Å². The van der Waals surface area contributed by atoms with Crippen LogP contribution in [-0.2, 0) is 0 Å². The Labute approximate surface area is 104 Å². The van der Waals surface area contributed by atoms with Crippen LogP contribution in [0.5, 0.6) is 0 Å². The molecule has 0 radical (unpaired) electrons. The molecule has 1 aromatic carbocycles. The van der Waals surface area contributed by atoms with Crippen molar-refractivity contribution < 1.29 is 4.39 Å². The maximum Gasteiger partial charge on any atom is 0.142 e. The minimum atomic E-state index is -0.459. The standard InChI is InChI=1S/C13H12ClFN2/c1-8-2-3-10(7-17-8)13(16)9-4-5-11(14)12(15)6-9/h2-7,13H,16H2,1H3. The third kappa shape index (κ3) is 2.62. The highest BCUT2D eigenvalue weighted by Gasteiger charge is 2.11. The summed E-state index contributed by atoms with van der Waals surface area (Å²) in [5.41, 5.74) is 8.48. The van der Waals surface area contributed by atoms with Crippen LogP contribution in [0.25, 0.3) is 0 Å². The first-order valence-electron chi connectivity index (χ1n) is 5.21. The van der Waals surface area contributed by atoms with Crippen LogP contribution < -0.4 is 5.73 Å². The molecule has 0 saturated carbocycles. The predicted molar refractivity (Wildman–Crippen MR) is 66.4 cm³/mol. The van der Waals surface area contributed by atoms with Crippen molar-refractivity contribution in [3.05, 3.63) is 64.2 Å². The van der Waals surface area contributed by atoms with Gasteiger partial charge in [0.1, 0.15) is 5.82 Å². The van der Waals surface area contributed by atoms with Crippen LogP contribution in [0.1, 0.15) is 22.9 Å². The van der Waals surface area contributed by atoms with E-state index in [0.717, 1.165) is 11.3 Å². The fourth-order valence-corrected chi connectivity index (χ4v) is 1.68. The number of aromatic nitrogens is 1. The van der Waals surface area contributed by atoms with E-state index in [9.17, 15) is 4.39 Å². The first kappa shape index (κ1) is 12.0. The van der Waals surface area contributed by atoms with Crippen molar-refractivity contribution in [2.24, 2.45) is 5.73 Å². The molecule has 2 rings (SSSR count). The third-order valence-electron chi connectivity index (χ3n) is 2.60. The molecule has 0 amide bonds. The lowest BCUT2D eigenvalue weighted by atomic mass is 10.0. The molecule has 0 aliphatic rings. The SMILES string of the molecule is Cc1ccc(C(N)c2ccc(Cl)c(F)c2)cn1. The van der Waals surface area contributed by atoms with E-state index in [-0.39, 0.29) is 5.02 Å². The van der Waals surface area contributed by atoms with E-state index in [1.54, 1.807) is 12.3 Å². The van der Waals surface area contributed by atoms with Gasteiger partial charge in [-0.3, -0.25) is 4.98 Å². The van der Waals surface area contributed by atoms with Gasteiger partial charge in [-0.25, -0.2) is 4.39 Å². The second kappa shape index (κ2) is 4.82. The highest BCUT2D eigenvalue weighted by molar-refractivity contribution is 6.30. The Balaban J connectivity index is 2.33. The molecule has 88 valence electrons. The number of hydrogen-bond donors (Lipinski definition) is 1. The minimum absolute atomic E-state index is 0.1000. The predicted octanol–water partition coefficient (Wildman–Crippen LogP) is 3.23. The Morgan fingerprint density at radius 1 is 1.24 bits per heavy atom. The van der Waals surface area contributed by atoms with Gasteiger partial charge in [0.25, 0.3) is 0 Å². The number of rotatable bonds is 2. The van der Waals surface area contributed by atoms with Gasteiger partial charge in [-0.2, -0.15) is 0 Å². The molecular weight excluding hydrogens is 239 g/mol. The van der Waals surface area contributed by atoms with Gasteiger partial charge in [0.05, 0.1) is 11.1 Å². The number of halogens is 2. The number of hydrogen-bond acceptors (Lipinski definition) is 2. The Bertz CT molecular complexity index is 525. The lowest BCUT2D eigenvalue weighted by molar-refractivity contribution is 0.624. The summed E-state index contributed by atoms with van der Waals surface area (Å²) < 4.78 is 13.3. The van der Waals surface area contributed by atoms with Crippen LogP contribution >= 0.6 is 11.6 Å². The molecule has 2 nitrogen and oxygen atoms in total. The largest absolute Gasteiger partial charge is 0.320 e. The molecular formula is C13H12ClFN2. The summed E-state index contributed by atoms with van der Waals surface area (Å²) in [6.07, 6.45) is 1.70. The van der Waals surface area contributed by atoms with Gasteiger partial charge >= 0.3 is 0 Å². The van der Waals surface area contributed by atoms with Crippen molar-refractivity contribution >= 4 is 11.6 Å². The Morgan fingerprint density at radius 3 is 2.53 bits per heavy atom. The van der Waals surface area contributed by atoms with Crippen LogP contribution in [0, 0.1) is 12.7 Å². The topological polar surface area (TPSA) is 38.9 Å². The molecule has 2 aromatic rings. The number of pyridine rings is 1. The van der Waals surface area contributed by atoms with Crippen molar-refractivity contribution in [3.63, 3.8) is 0 Å². The fourth-order valence-electron chi connectivity index (χ4n) is 1.56. The highest BCUT2D eigenvalue weighted by Crippen LogP contribution is 2.23. The number of nitrogens with two attached hydrogens (primary N) is 1. The summed E-state index contributed by atoms with van der Waals surface area (Å²) in [7, 11) is 0. The Morgan fingerprint density at radius 2 is 1.94 bits per heavy atom. The van der Waals surface area contributed by atoms with Crippen molar-refractivity contribution in [2.45, 2.75) is 13.0 Å². The lowest BCUT2D eigenvalue weighted by Crippen LogP contribution is -2.12. The van der Waals surface area contributed by atoms with Crippen molar-refractivity contribution in [3.8, 4) is 0 Å². The van der Waals surface area contributed by atoms with Gasteiger partial charge in [0, 0.05) is 11.9 Å². The van der Waals surface area contributed by atoms with Crippen LogP contribution in [0.2, 0.25) is 5.02 Å². The summed E-state index contributed by atoms with van der Waals surface area (Å²) in [5.74, 6) is -0.459. The van der Waals surface area contributed by atoms with Gasteiger partial charge in [-0.15, -0.1) is 0 Å². The maximum atomic E-state index is 13.3. The zero-order valence-corrected chi connectivity index (χ0v) is 10.1. The quantitative estimate of drug-likeness (QED) is 0.889. The Hall–Kier alpha value is -1.45. The first-order valence-corrected chi connectivity index (χ1v) is 5.59. The van der Waals surface area contributed by atoms with Crippen molar-refractivity contribution in [1.29, 1.82) is 0 Å². The molecule has 0 saturated heterocycles. The van der Waals surface area contributed by atoms with Gasteiger partial charge in [0.15, 0.2) is 0 Å². The molecule has 17 heavy (non-hydrogen) atoms. The number of aryl methyl sites for hydroxylation is 1. The van der Waals surface area contributed by atoms with Gasteiger partial charge in [-0.1, -0.05) is 23.7 Å². The summed E-state index contributed by atoms with van der Waals surface area (Å²) in [5, 5.41) is 0.1000. The molecule has 0 bridgehead atoms. The fraction of sp³-hybridized carbons (Fsp3) is 0.154. The van der Waals surface area contributed by atoms with Crippen LogP contribution in [0.4, 0.5) is 4.39 Å². The van der Waals surface area contributed by atoms with Crippen LogP contribution in [0.15, 0.2) is 36.5 Å². The van der Waals surface area contributed by atoms with E-state index in [1.807, 2.05) is 19.1 Å². The van der Waals surface area contributed by atoms with E-state index in [4.69, 9.17) is 17.3 Å². The second-order valence-corrected chi connectivity index (χ2v) is 4.29. The summed E-state index contributed by atoms with van der Waals surface area (Å²) >= 11 is 5.62. The van der Waals surface area contributed by atoms with Crippen LogP contribution in [0.3, 0.4) is 0 Å². The molecule has 2 N–H and O–H groups in total. The molecule has 1 unspecified atom stereocenters. The first-order chi connectivity index (χ1) is 8.08.